The highest BCUT2D eigenvalue weighted by Gasteiger charge is 2.15. The van der Waals surface area contributed by atoms with Gasteiger partial charge < -0.3 is 9.88 Å². The van der Waals surface area contributed by atoms with Crippen LogP contribution in [0.3, 0.4) is 0 Å². The Morgan fingerprint density at radius 2 is 1.79 bits per heavy atom. The molecule has 2 aromatic carbocycles. The Hall–Kier alpha value is -3.10. The van der Waals surface area contributed by atoms with Gasteiger partial charge in [-0.25, -0.2) is 0 Å². The SMILES string of the molecule is Cc1cc(-n2c(C)cc(/C=C(/C#N)C(=O)Nc3ccccc3C)c2C)ccc1Br. The van der Waals surface area contributed by atoms with Crippen molar-refractivity contribution in [3.8, 4) is 11.8 Å². The van der Waals surface area contributed by atoms with E-state index in [-0.39, 0.29) is 5.57 Å². The Labute approximate surface area is 179 Å². The third-order valence-corrected chi connectivity index (χ3v) is 5.82. The molecule has 4 nitrogen and oxygen atoms in total. The Morgan fingerprint density at radius 3 is 2.45 bits per heavy atom. The van der Waals surface area contributed by atoms with Crippen molar-refractivity contribution in [2.75, 3.05) is 5.32 Å². The number of nitriles is 1. The summed E-state index contributed by atoms with van der Waals surface area (Å²) in [6.45, 7) is 7.97. The fraction of sp³-hybridized carbons (Fsp3) is 0.167. The second kappa shape index (κ2) is 8.50. The van der Waals surface area contributed by atoms with Gasteiger partial charge in [0.25, 0.3) is 5.91 Å². The number of anilines is 1. The molecule has 0 bridgehead atoms. The number of benzene rings is 2. The minimum atomic E-state index is -0.411. The Balaban J connectivity index is 1.96. The summed E-state index contributed by atoms with van der Waals surface area (Å²) in [5.41, 5.74) is 6.76. The lowest BCUT2D eigenvalue weighted by Gasteiger charge is -2.11. The van der Waals surface area contributed by atoms with E-state index >= 15 is 0 Å². The van der Waals surface area contributed by atoms with Crippen LogP contribution >= 0.6 is 15.9 Å². The van der Waals surface area contributed by atoms with Gasteiger partial charge in [-0.05, 0) is 80.8 Å². The first-order chi connectivity index (χ1) is 13.8. The van der Waals surface area contributed by atoms with Crippen molar-refractivity contribution < 1.29 is 4.79 Å². The first-order valence-electron chi connectivity index (χ1n) is 9.26. The lowest BCUT2D eigenvalue weighted by molar-refractivity contribution is -0.112. The lowest BCUT2D eigenvalue weighted by Crippen LogP contribution is -2.14. The van der Waals surface area contributed by atoms with E-state index in [1.54, 1.807) is 6.08 Å². The molecule has 0 aliphatic carbocycles. The van der Waals surface area contributed by atoms with E-state index < -0.39 is 5.91 Å². The molecule has 1 N–H and O–H groups in total. The highest BCUT2D eigenvalue weighted by Crippen LogP contribution is 2.26. The molecular weight excluding hydrogens is 426 g/mol. The number of aryl methyl sites for hydroxylation is 3. The van der Waals surface area contributed by atoms with Gasteiger partial charge in [0.15, 0.2) is 0 Å². The Kier molecular flexibility index (Phi) is 6.05. The molecule has 5 heteroatoms. The average molecular weight is 448 g/mol. The van der Waals surface area contributed by atoms with E-state index in [0.717, 1.165) is 38.2 Å². The maximum absolute atomic E-state index is 12.6. The van der Waals surface area contributed by atoms with Gasteiger partial charge in [0, 0.05) is 27.2 Å². The number of para-hydroxylation sites is 1. The molecule has 0 saturated heterocycles. The van der Waals surface area contributed by atoms with Crippen LogP contribution in [0.5, 0.6) is 0 Å². The summed E-state index contributed by atoms with van der Waals surface area (Å²) in [7, 11) is 0. The molecule has 29 heavy (non-hydrogen) atoms. The zero-order valence-electron chi connectivity index (χ0n) is 16.9. The molecule has 1 aromatic heterocycles. The second-order valence-electron chi connectivity index (χ2n) is 7.03. The molecule has 0 atom stereocenters. The summed E-state index contributed by atoms with van der Waals surface area (Å²) < 4.78 is 3.18. The van der Waals surface area contributed by atoms with Gasteiger partial charge >= 0.3 is 0 Å². The Morgan fingerprint density at radius 1 is 1.07 bits per heavy atom. The summed E-state index contributed by atoms with van der Waals surface area (Å²) in [6, 6.07) is 17.7. The maximum Gasteiger partial charge on any atom is 0.266 e. The fourth-order valence-corrected chi connectivity index (χ4v) is 3.55. The van der Waals surface area contributed by atoms with Gasteiger partial charge in [0.05, 0.1) is 0 Å². The predicted octanol–water partition coefficient (Wildman–Crippen LogP) is 6.02. The number of carbonyl (C=O) groups excluding carboxylic acids is 1. The Bertz CT molecular complexity index is 1170. The number of aromatic nitrogens is 1. The monoisotopic (exact) mass is 447 g/mol. The highest BCUT2D eigenvalue weighted by molar-refractivity contribution is 9.10. The molecule has 0 radical (unpaired) electrons. The average Bonchev–Trinajstić information content (AvgIpc) is 2.97. The van der Waals surface area contributed by atoms with E-state index in [1.807, 2.05) is 76.2 Å². The van der Waals surface area contributed by atoms with E-state index in [1.165, 1.54) is 0 Å². The van der Waals surface area contributed by atoms with Crippen molar-refractivity contribution in [3.63, 3.8) is 0 Å². The van der Waals surface area contributed by atoms with Gasteiger partial charge in [-0.15, -0.1) is 0 Å². The van der Waals surface area contributed by atoms with Crippen LogP contribution in [0.1, 0.15) is 28.1 Å². The molecular formula is C24H22BrN3O. The second-order valence-corrected chi connectivity index (χ2v) is 7.89. The van der Waals surface area contributed by atoms with Crippen LogP contribution in [0.2, 0.25) is 0 Å². The molecule has 0 unspecified atom stereocenters. The van der Waals surface area contributed by atoms with Gasteiger partial charge in [-0.1, -0.05) is 34.1 Å². The fourth-order valence-electron chi connectivity index (χ4n) is 3.31. The standard InChI is InChI=1S/C24H22BrN3O/c1-15-7-5-6-8-23(15)27-24(29)20(14-26)13-19-12-17(3)28(18(19)4)21-9-10-22(25)16(2)11-21/h5-13H,1-4H3,(H,27,29)/b20-13-. The quantitative estimate of drug-likeness (QED) is 0.392. The molecule has 0 aliphatic heterocycles. The third-order valence-electron chi connectivity index (χ3n) is 4.93. The minimum absolute atomic E-state index is 0.0699. The minimum Gasteiger partial charge on any atom is -0.321 e. The van der Waals surface area contributed by atoms with E-state index in [0.29, 0.717) is 5.69 Å². The maximum atomic E-state index is 12.6. The number of hydrogen-bond acceptors (Lipinski definition) is 2. The molecule has 0 aliphatic rings. The number of rotatable bonds is 4. The van der Waals surface area contributed by atoms with Crippen LogP contribution in [-0.4, -0.2) is 10.5 Å². The van der Waals surface area contributed by atoms with Crippen LogP contribution in [0.15, 0.2) is 58.6 Å². The summed E-state index contributed by atoms with van der Waals surface area (Å²) in [6.07, 6.45) is 1.65. The molecule has 0 fully saturated rings. The summed E-state index contributed by atoms with van der Waals surface area (Å²) in [5, 5.41) is 12.4. The molecule has 1 heterocycles. The topological polar surface area (TPSA) is 57.8 Å². The van der Waals surface area contributed by atoms with Crippen LogP contribution < -0.4 is 5.32 Å². The van der Waals surface area contributed by atoms with E-state index in [9.17, 15) is 10.1 Å². The first-order valence-corrected chi connectivity index (χ1v) is 10.1. The number of amides is 1. The normalized spacial score (nSPS) is 11.2. The van der Waals surface area contributed by atoms with Crippen molar-refractivity contribution in [1.82, 2.24) is 4.57 Å². The van der Waals surface area contributed by atoms with Gasteiger partial charge in [-0.3, -0.25) is 4.79 Å². The van der Waals surface area contributed by atoms with Crippen LogP contribution in [-0.2, 0) is 4.79 Å². The molecule has 3 rings (SSSR count). The summed E-state index contributed by atoms with van der Waals surface area (Å²) in [4.78, 5) is 12.6. The van der Waals surface area contributed by atoms with Gasteiger partial charge in [-0.2, -0.15) is 5.26 Å². The smallest absolute Gasteiger partial charge is 0.266 e. The molecule has 0 spiro atoms. The van der Waals surface area contributed by atoms with Crippen molar-refractivity contribution >= 4 is 33.6 Å². The van der Waals surface area contributed by atoms with Gasteiger partial charge in [0.1, 0.15) is 11.6 Å². The van der Waals surface area contributed by atoms with E-state index in [2.05, 4.69) is 31.9 Å². The first kappa shape index (κ1) is 20.6. The van der Waals surface area contributed by atoms with E-state index in [4.69, 9.17) is 0 Å². The van der Waals surface area contributed by atoms with Crippen molar-refractivity contribution in [1.29, 1.82) is 5.26 Å². The number of nitrogens with zero attached hydrogens (tertiary/aromatic N) is 2. The molecule has 3 aromatic rings. The molecule has 0 saturated carbocycles. The van der Waals surface area contributed by atoms with Crippen molar-refractivity contribution in [2.45, 2.75) is 27.7 Å². The molecule has 1 amide bonds. The van der Waals surface area contributed by atoms with Crippen LogP contribution in [0, 0.1) is 39.0 Å². The number of carbonyl (C=O) groups is 1. The largest absolute Gasteiger partial charge is 0.321 e. The van der Waals surface area contributed by atoms with Crippen molar-refractivity contribution in [2.24, 2.45) is 0 Å². The lowest BCUT2D eigenvalue weighted by atomic mass is 10.1. The summed E-state index contributed by atoms with van der Waals surface area (Å²) in [5.74, 6) is -0.411. The van der Waals surface area contributed by atoms with Crippen molar-refractivity contribution in [3.05, 3.63) is 86.7 Å². The van der Waals surface area contributed by atoms with Gasteiger partial charge in [0.2, 0.25) is 0 Å². The highest BCUT2D eigenvalue weighted by atomic mass is 79.9. The van der Waals surface area contributed by atoms with Crippen LogP contribution in [0.25, 0.3) is 11.8 Å². The third kappa shape index (κ3) is 4.33. The zero-order chi connectivity index (χ0) is 21.1. The number of hydrogen-bond donors (Lipinski definition) is 1. The predicted molar refractivity (Wildman–Crippen MR) is 121 cm³/mol. The zero-order valence-corrected chi connectivity index (χ0v) is 18.5. The van der Waals surface area contributed by atoms with Crippen LogP contribution in [0.4, 0.5) is 5.69 Å². The number of nitrogens with one attached hydrogen (secondary N) is 1. The molecule has 146 valence electrons. The number of halogens is 1. The summed E-state index contributed by atoms with van der Waals surface area (Å²) >= 11 is 3.54.